The van der Waals surface area contributed by atoms with E-state index in [2.05, 4.69) is 10.3 Å². The number of aromatic nitrogens is 1. The van der Waals surface area contributed by atoms with Crippen molar-refractivity contribution in [2.45, 2.75) is 31.8 Å². The standard InChI is InChI=1S/C24H24N2O3.H2/c1-16-3-12-21(25-22(16)18-6-4-17(15-27)5-7-18)26-23(28)24(13-14-24)19-8-10-20(29-2)11-9-19;/h3-12,27H,13-15H2,1-2H3,(H,25,26,28);1H. The van der Waals surface area contributed by atoms with E-state index in [1.165, 1.54) is 0 Å². The maximum atomic E-state index is 13.1. The van der Waals surface area contributed by atoms with Crippen LogP contribution in [0.15, 0.2) is 60.7 Å². The molecule has 0 aliphatic heterocycles. The van der Waals surface area contributed by atoms with E-state index in [4.69, 9.17) is 4.74 Å². The second kappa shape index (κ2) is 7.68. The van der Waals surface area contributed by atoms with E-state index in [1.54, 1.807) is 7.11 Å². The van der Waals surface area contributed by atoms with Crippen LogP contribution >= 0.6 is 0 Å². The number of amides is 1. The molecule has 0 spiro atoms. The molecule has 1 fully saturated rings. The van der Waals surface area contributed by atoms with Gasteiger partial charge in [0.2, 0.25) is 5.91 Å². The summed E-state index contributed by atoms with van der Waals surface area (Å²) in [6.07, 6.45) is 1.65. The Labute approximate surface area is 171 Å². The Kier molecular flexibility index (Phi) is 5.07. The third kappa shape index (κ3) is 3.74. The number of carbonyl (C=O) groups is 1. The van der Waals surface area contributed by atoms with Gasteiger partial charge >= 0.3 is 0 Å². The number of aryl methyl sites for hydroxylation is 1. The molecule has 4 rings (SSSR count). The minimum Gasteiger partial charge on any atom is -0.497 e. The molecule has 5 nitrogen and oxygen atoms in total. The summed E-state index contributed by atoms with van der Waals surface area (Å²) in [4.78, 5) is 17.7. The van der Waals surface area contributed by atoms with E-state index in [0.29, 0.717) is 5.82 Å². The van der Waals surface area contributed by atoms with Crippen molar-refractivity contribution in [1.29, 1.82) is 0 Å². The molecule has 0 radical (unpaired) electrons. The summed E-state index contributed by atoms with van der Waals surface area (Å²) in [6, 6.07) is 19.1. The van der Waals surface area contributed by atoms with Gasteiger partial charge in [0.15, 0.2) is 0 Å². The quantitative estimate of drug-likeness (QED) is 0.651. The lowest BCUT2D eigenvalue weighted by Crippen LogP contribution is -2.28. The third-order valence-corrected chi connectivity index (χ3v) is 5.58. The highest BCUT2D eigenvalue weighted by atomic mass is 16.5. The van der Waals surface area contributed by atoms with Crippen LogP contribution in [0.5, 0.6) is 5.75 Å². The van der Waals surface area contributed by atoms with Gasteiger partial charge in [0.05, 0.1) is 24.8 Å². The molecule has 1 aromatic heterocycles. The van der Waals surface area contributed by atoms with Crippen LogP contribution in [0.3, 0.4) is 0 Å². The Hall–Kier alpha value is -3.18. The molecule has 1 aliphatic carbocycles. The summed E-state index contributed by atoms with van der Waals surface area (Å²) in [7, 11) is 1.63. The van der Waals surface area contributed by atoms with Crippen molar-refractivity contribution in [2.24, 2.45) is 0 Å². The number of methoxy groups -OCH3 is 1. The van der Waals surface area contributed by atoms with Crippen molar-refractivity contribution in [3.05, 3.63) is 77.4 Å². The first-order valence-electron chi connectivity index (χ1n) is 9.69. The molecule has 2 N–H and O–H groups in total. The molecule has 3 aromatic rings. The summed E-state index contributed by atoms with van der Waals surface area (Å²) in [6.45, 7) is 2.00. The first-order valence-corrected chi connectivity index (χ1v) is 9.69. The maximum Gasteiger partial charge on any atom is 0.236 e. The van der Waals surface area contributed by atoms with Crippen molar-refractivity contribution in [3.8, 4) is 17.0 Å². The Morgan fingerprint density at radius 3 is 2.38 bits per heavy atom. The fourth-order valence-corrected chi connectivity index (χ4v) is 3.58. The average Bonchev–Trinajstić information content (AvgIpc) is 3.57. The predicted octanol–water partition coefficient (Wildman–Crippen LogP) is 4.47. The van der Waals surface area contributed by atoms with Gasteiger partial charge in [-0.15, -0.1) is 0 Å². The molecular formula is C24H26N2O3. The minimum absolute atomic E-state index is 0. The molecule has 1 amide bonds. The fourth-order valence-electron chi connectivity index (χ4n) is 3.58. The molecule has 5 heteroatoms. The molecule has 150 valence electrons. The molecule has 0 unspecified atom stereocenters. The van der Waals surface area contributed by atoms with Crippen LogP contribution in [0.4, 0.5) is 5.82 Å². The topological polar surface area (TPSA) is 71.5 Å². The molecule has 0 bridgehead atoms. The van der Waals surface area contributed by atoms with Gasteiger partial charge in [0, 0.05) is 6.99 Å². The highest BCUT2D eigenvalue weighted by molar-refractivity contribution is 6.01. The lowest BCUT2D eigenvalue weighted by Gasteiger charge is -2.17. The Morgan fingerprint density at radius 2 is 1.79 bits per heavy atom. The van der Waals surface area contributed by atoms with Crippen LogP contribution in [-0.2, 0) is 16.8 Å². The zero-order valence-corrected chi connectivity index (χ0v) is 16.6. The van der Waals surface area contributed by atoms with E-state index in [0.717, 1.165) is 46.5 Å². The van der Waals surface area contributed by atoms with Crippen LogP contribution in [0.1, 0.15) is 31.0 Å². The number of benzene rings is 2. The number of aliphatic hydroxyl groups excluding tert-OH is 1. The lowest BCUT2D eigenvalue weighted by molar-refractivity contribution is -0.118. The molecular weight excluding hydrogens is 364 g/mol. The Balaban J connectivity index is 0.00000256. The van der Waals surface area contributed by atoms with Gasteiger partial charge in [-0.3, -0.25) is 4.79 Å². The molecule has 0 atom stereocenters. The monoisotopic (exact) mass is 390 g/mol. The van der Waals surface area contributed by atoms with Crippen molar-refractivity contribution >= 4 is 11.7 Å². The van der Waals surface area contributed by atoms with Crippen LogP contribution in [0.2, 0.25) is 0 Å². The Bertz CT molecular complexity index is 1030. The predicted molar refractivity (Wildman–Crippen MR) is 115 cm³/mol. The largest absolute Gasteiger partial charge is 0.497 e. The van der Waals surface area contributed by atoms with E-state index in [-0.39, 0.29) is 13.9 Å². The normalized spacial score (nSPS) is 14.3. The third-order valence-electron chi connectivity index (χ3n) is 5.58. The smallest absolute Gasteiger partial charge is 0.236 e. The summed E-state index contributed by atoms with van der Waals surface area (Å²) >= 11 is 0. The maximum absolute atomic E-state index is 13.1. The number of ether oxygens (including phenoxy) is 1. The first-order chi connectivity index (χ1) is 14.1. The average molecular weight is 390 g/mol. The second-order valence-electron chi connectivity index (χ2n) is 7.48. The van der Waals surface area contributed by atoms with Crippen LogP contribution in [0.25, 0.3) is 11.3 Å². The molecule has 29 heavy (non-hydrogen) atoms. The summed E-state index contributed by atoms with van der Waals surface area (Å²) in [5.41, 5.74) is 4.17. The summed E-state index contributed by atoms with van der Waals surface area (Å²) < 4.78 is 5.21. The minimum atomic E-state index is -0.484. The van der Waals surface area contributed by atoms with Crippen molar-refractivity contribution in [2.75, 3.05) is 12.4 Å². The van der Waals surface area contributed by atoms with Crippen molar-refractivity contribution in [3.63, 3.8) is 0 Å². The molecule has 1 aliphatic rings. The number of nitrogens with one attached hydrogen (secondary N) is 1. The van der Waals surface area contributed by atoms with Crippen molar-refractivity contribution < 1.29 is 16.1 Å². The molecule has 1 heterocycles. The zero-order valence-electron chi connectivity index (χ0n) is 16.6. The van der Waals surface area contributed by atoms with Crippen LogP contribution in [-0.4, -0.2) is 23.1 Å². The zero-order chi connectivity index (χ0) is 20.4. The molecule has 1 saturated carbocycles. The molecule has 2 aromatic carbocycles. The second-order valence-corrected chi connectivity index (χ2v) is 7.48. The number of hydrogen-bond acceptors (Lipinski definition) is 4. The lowest BCUT2D eigenvalue weighted by atomic mass is 9.95. The van der Waals surface area contributed by atoms with Gasteiger partial charge in [-0.25, -0.2) is 4.98 Å². The number of anilines is 1. The number of rotatable bonds is 6. The summed E-state index contributed by atoms with van der Waals surface area (Å²) in [5, 5.41) is 12.2. The SMILES string of the molecule is COc1ccc(C2(C(=O)Nc3ccc(C)c(-c4ccc(CO)cc4)n3)CC2)cc1.[HH]. The van der Waals surface area contributed by atoms with Gasteiger partial charge in [-0.05, 0) is 54.7 Å². The summed E-state index contributed by atoms with van der Waals surface area (Å²) in [5.74, 6) is 1.30. The van der Waals surface area contributed by atoms with Crippen LogP contribution < -0.4 is 10.1 Å². The first kappa shape index (κ1) is 19.2. The number of hydrogen-bond donors (Lipinski definition) is 2. The van der Waals surface area contributed by atoms with Gasteiger partial charge in [0.1, 0.15) is 11.6 Å². The fraction of sp³-hybridized carbons (Fsp3) is 0.250. The number of carbonyl (C=O) groups excluding carboxylic acids is 1. The van der Waals surface area contributed by atoms with E-state index in [9.17, 15) is 9.90 Å². The van der Waals surface area contributed by atoms with E-state index < -0.39 is 5.41 Å². The highest BCUT2D eigenvalue weighted by Crippen LogP contribution is 2.49. The number of pyridine rings is 1. The van der Waals surface area contributed by atoms with Crippen molar-refractivity contribution in [1.82, 2.24) is 4.98 Å². The van der Waals surface area contributed by atoms with Gasteiger partial charge in [-0.2, -0.15) is 0 Å². The van der Waals surface area contributed by atoms with Gasteiger partial charge < -0.3 is 15.2 Å². The van der Waals surface area contributed by atoms with Gasteiger partial charge in [-0.1, -0.05) is 42.5 Å². The molecule has 0 saturated heterocycles. The highest BCUT2D eigenvalue weighted by Gasteiger charge is 2.51. The van der Waals surface area contributed by atoms with Gasteiger partial charge in [0.25, 0.3) is 0 Å². The number of aliphatic hydroxyl groups is 1. The number of nitrogens with zero attached hydrogens (tertiary/aromatic N) is 1. The van der Waals surface area contributed by atoms with E-state index in [1.807, 2.05) is 67.6 Å². The van der Waals surface area contributed by atoms with Crippen LogP contribution in [0, 0.1) is 6.92 Å². The Morgan fingerprint density at radius 1 is 1.10 bits per heavy atom. The van der Waals surface area contributed by atoms with E-state index >= 15 is 0 Å².